The highest BCUT2D eigenvalue weighted by atomic mass is 19.3. The van der Waals surface area contributed by atoms with Crippen molar-refractivity contribution in [1.29, 1.82) is 0 Å². The summed E-state index contributed by atoms with van der Waals surface area (Å²) < 4.78 is 30.1. The molecular formula is C9H8F2O2. The van der Waals surface area contributed by atoms with Crippen molar-refractivity contribution in [2.45, 2.75) is 5.92 Å². The van der Waals surface area contributed by atoms with Crippen molar-refractivity contribution in [1.82, 2.24) is 0 Å². The molecule has 0 heterocycles. The summed E-state index contributed by atoms with van der Waals surface area (Å²) in [6, 6.07) is 6.82. The Bertz CT molecular complexity index is 296. The van der Waals surface area contributed by atoms with Crippen LogP contribution in [0, 0.1) is 0 Å². The second-order valence-corrected chi connectivity index (χ2v) is 2.43. The lowest BCUT2D eigenvalue weighted by Gasteiger charge is -2.12. The van der Waals surface area contributed by atoms with E-state index in [1.807, 2.05) is 0 Å². The fourth-order valence-electron chi connectivity index (χ4n) is 0.894. The normalized spacial score (nSPS) is 11.0. The summed E-state index contributed by atoms with van der Waals surface area (Å²) in [6.07, 6.45) is 0. The molecule has 0 unspecified atom stereocenters. The van der Waals surface area contributed by atoms with Gasteiger partial charge in [-0.15, -0.1) is 0 Å². The van der Waals surface area contributed by atoms with Gasteiger partial charge in [0.15, 0.2) is 0 Å². The monoisotopic (exact) mass is 186 g/mol. The van der Waals surface area contributed by atoms with Crippen LogP contribution in [0.1, 0.15) is 5.56 Å². The predicted molar refractivity (Wildman–Crippen MR) is 42.4 cm³/mol. The average molecular weight is 186 g/mol. The van der Waals surface area contributed by atoms with Crippen molar-refractivity contribution < 1.29 is 18.3 Å². The molecule has 0 aliphatic carbocycles. The van der Waals surface area contributed by atoms with Gasteiger partial charge in [0, 0.05) is 5.56 Å². The maximum atomic E-state index is 13.1. The minimum atomic E-state index is -3.56. The summed E-state index contributed by atoms with van der Waals surface area (Å²) >= 11 is 0. The van der Waals surface area contributed by atoms with Gasteiger partial charge in [-0.05, 0) is 0 Å². The van der Waals surface area contributed by atoms with Crippen LogP contribution in [0.25, 0.3) is 0 Å². The molecule has 0 spiro atoms. The number of benzene rings is 1. The molecule has 0 fully saturated rings. The maximum absolute atomic E-state index is 13.1. The summed E-state index contributed by atoms with van der Waals surface area (Å²) in [4.78, 5) is 10.7. The van der Waals surface area contributed by atoms with Gasteiger partial charge in [-0.25, -0.2) is 4.79 Å². The Hall–Kier alpha value is -1.45. The van der Waals surface area contributed by atoms with Crippen molar-refractivity contribution >= 4 is 5.97 Å². The Morgan fingerprint density at radius 2 is 1.85 bits per heavy atom. The molecule has 0 atom stereocenters. The fourth-order valence-corrected chi connectivity index (χ4v) is 0.894. The molecule has 0 bridgehead atoms. The third-order valence-electron chi connectivity index (χ3n) is 1.58. The van der Waals surface area contributed by atoms with Crippen molar-refractivity contribution in [3.8, 4) is 0 Å². The second kappa shape index (κ2) is 3.51. The first-order chi connectivity index (χ1) is 6.09. The minimum Gasteiger partial charge on any atom is -0.464 e. The van der Waals surface area contributed by atoms with Crippen LogP contribution in [-0.4, -0.2) is 13.1 Å². The number of methoxy groups -OCH3 is 1. The molecule has 1 aromatic carbocycles. The molecule has 0 aliphatic rings. The number of halogens is 2. The molecular weight excluding hydrogens is 178 g/mol. The minimum absolute atomic E-state index is 0.359. The molecule has 4 heteroatoms. The average Bonchev–Trinajstić information content (AvgIpc) is 2.18. The third kappa shape index (κ3) is 1.83. The van der Waals surface area contributed by atoms with Crippen LogP contribution in [0.2, 0.25) is 0 Å². The first-order valence-electron chi connectivity index (χ1n) is 3.61. The van der Waals surface area contributed by atoms with Crippen molar-refractivity contribution in [2.75, 3.05) is 7.11 Å². The molecule has 0 radical (unpaired) electrons. The van der Waals surface area contributed by atoms with Gasteiger partial charge in [0.1, 0.15) is 0 Å². The number of alkyl halides is 2. The van der Waals surface area contributed by atoms with Gasteiger partial charge < -0.3 is 4.74 Å². The van der Waals surface area contributed by atoms with Crippen LogP contribution in [0.4, 0.5) is 8.78 Å². The number of carbonyl (C=O) groups excluding carboxylic acids is 1. The van der Waals surface area contributed by atoms with Gasteiger partial charge in [-0.3, -0.25) is 0 Å². The zero-order valence-electron chi connectivity index (χ0n) is 6.96. The van der Waals surface area contributed by atoms with E-state index in [2.05, 4.69) is 4.74 Å². The highest BCUT2D eigenvalue weighted by Gasteiger charge is 2.41. The van der Waals surface area contributed by atoms with E-state index in [0.717, 1.165) is 7.11 Å². The van der Waals surface area contributed by atoms with Crippen LogP contribution in [0.5, 0.6) is 0 Å². The Morgan fingerprint density at radius 1 is 1.31 bits per heavy atom. The Labute approximate surface area is 74.1 Å². The molecule has 0 N–H and O–H groups in total. The summed E-state index contributed by atoms with van der Waals surface area (Å²) in [5.74, 6) is -5.10. The summed E-state index contributed by atoms with van der Waals surface area (Å²) in [6.45, 7) is 0. The number of ether oxygens (including phenoxy) is 1. The van der Waals surface area contributed by atoms with E-state index >= 15 is 0 Å². The smallest absolute Gasteiger partial charge is 0.381 e. The SMILES string of the molecule is COC(=O)C(F)(F)c1ccccc1. The summed E-state index contributed by atoms with van der Waals surface area (Å²) in [7, 11) is 0.930. The maximum Gasteiger partial charge on any atom is 0.381 e. The van der Waals surface area contributed by atoms with Crippen molar-refractivity contribution in [3.63, 3.8) is 0 Å². The molecule has 0 amide bonds. The standard InChI is InChI=1S/C9H8F2O2/c1-13-8(12)9(10,11)7-5-3-2-4-6-7/h2-6H,1H3. The number of hydrogen-bond acceptors (Lipinski definition) is 2. The van der Waals surface area contributed by atoms with E-state index in [1.165, 1.54) is 24.3 Å². The highest BCUT2D eigenvalue weighted by Crippen LogP contribution is 2.28. The number of rotatable bonds is 2. The molecule has 1 aromatic rings. The van der Waals surface area contributed by atoms with E-state index in [4.69, 9.17) is 0 Å². The Balaban J connectivity index is 3.00. The first kappa shape index (κ1) is 9.64. The zero-order chi connectivity index (χ0) is 9.90. The lowest BCUT2D eigenvalue weighted by molar-refractivity contribution is -0.170. The van der Waals surface area contributed by atoms with Gasteiger partial charge in [0.25, 0.3) is 0 Å². The fraction of sp³-hybridized carbons (Fsp3) is 0.222. The van der Waals surface area contributed by atoms with E-state index in [0.29, 0.717) is 0 Å². The van der Waals surface area contributed by atoms with Crippen molar-refractivity contribution in [2.24, 2.45) is 0 Å². The topological polar surface area (TPSA) is 26.3 Å². The second-order valence-electron chi connectivity index (χ2n) is 2.43. The third-order valence-corrected chi connectivity index (χ3v) is 1.58. The van der Waals surface area contributed by atoms with Crippen molar-refractivity contribution in [3.05, 3.63) is 35.9 Å². The van der Waals surface area contributed by atoms with Gasteiger partial charge in [0.2, 0.25) is 0 Å². The van der Waals surface area contributed by atoms with Gasteiger partial charge in [-0.1, -0.05) is 30.3 Å². The lowest BCUT2D eigenvalue weighted by atomic mass is 10.1. The molecule has 0 aromatic heterocycles. The summed E-state index contributed by atoms with van der Waals surface area (Å²) in [5.41, 5.74) is -0.359. The van der Waals surface area contributed by atoms with E-state index in [9.17, 15) is 13.6 Å². The molecule has 13 heavy (non-hydrogen) atoms. The quantitative estimate of drug-likeness (QED) is 0.660. The Morgan fingerprint density at radius 3 is 2.31 bits per heavy atom. The molecule has 70 valence electrons. The van der Waals surface area contributed by atoms with E-state index in [-0.39, 0.29) is 5.56 Å². The van der Waals surface area contributed by atoms with Gasteiger partial charge in [0.05, 0.1) is 7.11 Å². The lowest BCUT2D eigenvalue weighted by Crippen LogP contribution is -2.27. The molecule has 0 saturated heterocycles. The van der Waals surface area contributed by atoms with Crippen LogP contribution in [0.15, 0.2) is 30.3 Å². The highest BCUT2D eigenvalue weighted by molar-refractivity contribution is 5.79. The number of hydrogen-bond donors (Lipinski definition) is 0. The molecule has 1 rings (SSSR count). The van der Waals surface area contributed by atoms with Gasteiger partial charge >= 0.3 is 11.9 Å². The summed E-state index contributed by atoms with van der Waals surface area (Å²) in [5, 5.41) is 0. The largest absolute Gasteiger partial charge is 0.464 e. The zero-order valence-corrected chi connectivity index (χ0v) is 6.96. The molecule has 0 saturated carbocycles. The van der Waals surface area contributed by atoms with E-state index in [1.54, 1.807) is 6.07 Å². The van der Waals surface area contributed by atoms with Crippen LogP contribution in [0.3, 0.4) is 0 Å². The molecule has 0 aliphatic heterocycles. The van der Waals surface area contributed by atoms with Crippen LogP contribution < -0.4 is 0 Å². The first-order valence-corrected chi connectivity index (χ1v) is 3.61. The van der Waals surface area contributed by atoms with E-state index < -0.39 is 11.9 Å². The Kier molecular flexibility index (Phi) is 2.60. The molecule has 2 nitrogen and oxygen atoms in total. The van der Waals surface area contributed by atoms with Crippen LogP contribution in [-0.2, 0) is 15.5 Å². The predicted octanol–water partition coefficient (Wildman–Crippen LogP) is 1.95. The number of esters is 1. The van der Waals surface area contributed by atoms with Crippen LogP contribution >= 0.6 is 0 Å². The number of carbonyl (C=O) groups is 1. The van der Waals surface area contributed by atoms with Gasteiger partial charge in [-0.2, -0.15) is 8.78 Å².